The Morgan fingerprint density at radius 3 is 2.57 bits per heavy atom. The molecule has 0 saturated carbocycles. The fourth-order valence-electron chi connectivity index (χ4n) is 3.03. The van der Waals surface area contributed by atoms with E-state index < -0.39 is 0 Å². The second kappa shape index (κ2) is 5.88. The number of nitrogens with zero attached hydrogens (tertiary/aromatic N) is 1. The fraction of sp³-hybridized carbons (Fsp3) is 0.294. The summed E-state index contributed by atoms with van der Waals surface area (Å²) >= 11 is 12.7. The molecule has 2 aromatic rings. The number of benzene rings is 2. The van der Waals surface area contributed by atoms with E-state index in [1.165, 1.54) is 16.7 Å². The molecule has 0 saturated heterocycles. The second-order valence-corrected chi connectivity index (χ2v) is 6.54. The number of anilines is 1. The van der Waals surface area contributed by atoms with Gasteiger partial charge in [-0.2, -0.15) is 0 Å². The van der Waals surface area contributed by atoms with Gasteiger partial charge in [-0.3, -0.25) is 0 Å². The van der Waals surface area contributed by atoms with Crippen LogP contribution in [0.2, 0.25) is 10.0 Å². The van der Waals surface area contributed by atoms with Crippen molar-refractivity contribution in [2.75, 3.05) is 19.3 Å². The Balaban J connectivity index is 2.12. The first-order chi connectivity index (χ1) is 10.0. The van der Waals surface area contributed by atoms with Crippen molar-refractivity contribution in [2.24, 2.45) is 0 Å². The molecule has 2 nitrogen and oxygen atoms in total. The molecule has 1 atom stereocenters. The summed E-state index contributed by atoms with van der Waals surface area (Å²) in [6.07, 6.45) is 1.05. The molecule has 0 fully saturated rings. The van der Waals surface area contributed by atoms with Gasteiger partial charge in [0.05, 0.1) is 0 Å². The van der Waals surface area contributed by atoms with Crippen LogP contribution in [0, 0.1) is 0 Å². The van der Waals surface area contributed by atoms with Crippen LogP contribution < -0.4 is 5.73 Å². The van der Waals surface area contributed by atoms with Crippen molar-refractivity contribution in [3.05, 3.63) is 63.1 Å². The van der Waals surface area contributed by atoms with E-state index in [-0.39, 0.29) is 0 Å². The number of fused-ring (bicyclic) bond motifs is 1. The third-order valence-corrected chi connectivity index (χ3v) is 4.69. The highest BCUT2D eigenvalue weighted by Crippen LogP contribution is 2.38. The van der Waals surface area contributed by atoms with Gasteiger partial charge >= 0.3 is 0 Å². The van der Waals surface area contributed by atoms with Crippen LogP contribution in [0.1, 0.15) is 29.0 Å². The van der Waals surface area contributed by atoms with E-state index in [4.69, 9.17) is 28.9 Å². The summed E-state index contributed by atoms with van der Waals surface area (Å²) in [5, 5.41) is 1.45. The van der Waals surface area contributed by atoms with E-state index in [1.54, 1.807) is 0 Å². The summed E-state index contributed by atoms with van der Waals surface area (Å²) < 4.78 is 0. The molecule has 0 aromatic heterocycles. The number of rotatable bonds is 1. The lowest BCUT2D eigenvalue weighted by Crippen LogP contribution is -2.17. The van der Waals surface area contributed by atoms with Gasteiger partial charge in [0, 0.05) is 28.2 Å². The molecule has 0 bridgehead atoms. The highest BCUT2D eigenvalue weighted by molar-refractivity contribution is 6.35. The number of nitrogens with two attached hydrogens (primary N) is 1. The van der Waals surface area contributed by atoms with Gasteiger partial charge in [-0.05, 0) is 61.0 Å². The average Bonchev–Trinajstić information content (AvgIpc) is 2.60. The Bertz CT molecular complexity index is 653. The summed E-state index contributed by atoms with van der Waals surface area (Å²) in [6.45, 7) is 1.88. The molecule has 2 aromatic carbocycles. The average molecular weight is 321 g/mol. The topological polar surface area (TPSA) is 29.3 Å². The van der Waals surface area contributed by atoms with Crippen molar-refractivity contribution in [1.82, 2.24) is 4.90 Å². The van der Waals surface area contributed by atoms with Crippen LogP contribution in [0.4, 0.5) is 5.69 Å². The molecule has 0 radical (unpaired) electrons. The zero-order chi connectivity index (χ0) is 15.0. The predicted octanol–water partition coefficient (Wildman–Crippen LogP) is 4.54. The first-order valence-electron chi connectivity index (χ1n) is 7.06. The minimum Gasteiger partial charge on any atom is -0.399 e. The van der Waals surface area contributed by atoms with Crippen molar-refractivity contribution >= 4 is 28.9 Å². The lowest BCUT2D eigenvalue weighted by molar-refractivity contribution is 0.328. The lowest BCUT2D eigenvalue weighted by Gasteiger charge is -2.19. The summed E-state index contributed by atoms with van der Waals surface area (Å²) in [5.74, 6) is 0.307. The monoisotopic (exact) mass is 320 g/mol. The molecule has 21 heavy (non-hydrogen) atoms. The quantitative estimate of drug-likeness (QED) is 0.781. The molecule has 1 unspecified atom stereocenters. The molecule has 4 heteroatoms. The van der Waals surface area contributed by atoms with Gasteiger partial charge < -0.3 is 10.6 Å². The Morgan fingerprint density at radius 1 is 1.14 bits per heavy atom. The predicted molar refractivity (Wildman–Crippen MR) is 90.1 cm³/mol. The molecule has 1 heterocycles. The first-order valence-corrected chi connectivity index (χ1v) is 7.82. The Kier molecular flexibility index (Phi) is 4.12. The third-order valence-electron chi connectivity index (χ3n) is 4.14. The van der Waals surface area contributed by atoms with Gasteiger partial charge in [-0.1, -0.05) is 35.3 Å². The van der Waals surface area contributed by atoms with Crippen LogP contribution in [0.25, 0.3) is 0 Å². The highest BCUT2D eigenvalue weighted by Gasteiger charge is 2.24. The van der Waals surface area contributed by atoms with Crippen LogP contribution >= 0.6 is 23.2 Å². The first kappa shape index (κ1) is 14.7. The molecular formula is C17H18Cl2N2. The number of halogens is 2. The fourth-order valence-corrected chi connectivity index (χ4v) is 3.60. The minimum atomic E-state index is 0.307. The number of nitrogen functional groups attached to an aromatic ring is 1. The molecule has 1 aliphatic heterocycles. The summed E-state index contributed by atoms with van der Waals surface area (Å²) in [4.78, 5) is 2.30. The van der Waals surface area contributed by atoms with Crippen molar-refractivity contribution < 1.29 is 0 Å². The maximum Gasteiger partial charge on any atom is 0.0468 e. The Labute approximate surface area is 135 Å². The molecule has 2 N–H and O–H groups in total. The normalized spacial score (nSPS) is 19.1. The van der Waals surface area contributed by atoms with Crippen molar-refractivity contribution in [3.63, 3.8) is 0 Å². The van der Waals surface area contributed by atoms with Gasteiger partial charge in [-0.15, -0.1) is 0 Å². The van der Waals surface area contributed by atoms with Gasteiger partial charge in [0.2, 0.25) is 0 Å². The largest absolute Gasteiger partial charge is 0.399 e. The van der Waals surface area contributed by atoms with Gasteiger partial charge in [-0.25, -0.2) is 0 Å². The highest BCUT2D eigenvalue weighted by atomic mass is 35.5. The number of hydrogen-bond donors (Lipinski definition) is 1. The van der Waals surface area contributed by atoms with Crippen LogP contribution in [0.3, 0.4) is 0 Å². The zero-order valence-corrected chi connectivity index (χ0v) is 13.5. The molecular weight excluding hydrogens is 303 g/mol. The van der Waals surface area contributed by atoms with Crippen LogP contribution in [0.5, 0.6) is 0 Å². The molecule has 1 aliphatic rings. The Hall–Kier alpha value is -1.22. The molecule has 0 aliphatic carbocycles. The van der Waals surface area contributed by atoms with E-state index in [0.29, 0.717) is 10.9 Å². The van der Waals surface area contributed by atoms with E-state index in [2.05, 4.69) is 30.1 Å². The van der Waals surface area contributed by atoms with E-state index in [1.807, 2.05) is 18.2 Å². The zero-order valence-electron chi connectivity index (χ0n) is 11.9. The van der Waals surface area contributed by atoms with E-state index in [0.717, 1.165) is 30.2 Å². The molecule has 110 valence electrons. The van der Waals surface area contributed by atoms with E-state index >= 15 is 0 Å². The molecule has 0 spiro atoms. The van der Waals surface area contributed by atoms with Crippen molar-refractivity contribution in [3.8, 4) is 0 Å². The smallest absolute Gasteiger partial charge is 0.0468 e. The maximum atomic E-state index is 6.43. The van der Waals surface area contributed by atoms with Gasteiger partial charge in [0.1, 0.15) is 0 Å². The van der Waals surface area contributed by atoms with Gasteiger partial charge in [0.15, 0.2) is 0 Å². The standard InChI is InChI=1S/C17H18Cl2N2/c1-21-7-6-14(11-2-4-13(20)5-3-11)15-8-12(18)9-17(19)16(15)10-21/h2-5,8-9,14H,6-7,10,20H2,1H3. The van der Waals surface area contributed by atoms with E-state index in [9.17, 15) is 0 Å². The lowest BCUT2D eigenvalue weighted by atomic mass is 9.86. The van der Waals surface area contributed by atoms with Crippen LogP contribution in [0.15, 0.2) is 36.4 Å². The summed E-state index contributed by atoms with van der Waals surface area (Å²) in [6, 6.07) is 12.0. The summed E-state index contributed by atoms with van der Waals surface area (Å²) in [7, 11) is 2.13. The Morgan fingerprint density at radius 2 is 1.86 bits per heavy atom. The number of hydrogen-bond acceptors (Lipinski definition) is 2. The SMILES string of the molecule is CN1CCC(c2ccc(N)cc2)c2cc(Cl)cc(Cl)c2C1. The second-order valence-electron chi connectivity index (χ2n) is 5.70. The van der Waals surface area contributed by atoms with Crippen molar-refractivity contribution in [2.45, 2.75) is 18.9 Å². The minimum absolute atomic E-state index is 0.307. The summed E-state index contributed by atoms with van der Waals surface area (Å²) in [5.41, 5.74) is 10.3. The molecule has 3 rings (SSSR count). The third kappa shape index (κ3) is 3.03. The van der Waals surface area contributed by atoms with Crippen LogP contribution in [-0.4, -0.2) is 18.5 Å². The maximum absolute atomic E-state index is 6.43. The van der Waals surface area contributed by atoms with Crippen LogP contribution in [-0.2, 0) is 6.54 Å². The molecule has 0 amide bonds. The van der Waals surface area contributed by atoms with Crippen molar-refractivity contribution in [1.29, 1.82) is 0 Å². The van der Waals surface area contributed by atoms with Gasteiger partial charge in [0.25, 0.3) is 0 Å².